The van der Waals surface area contributed by atoms with E-state index in [9.17, 15) is 4.79 Å². The summed E-state index contributed by atoms with van der Waals surface area (Å²) in [6, 6.07) is -0.650. The predicted octanol–water partition coefficient (Wildman–Crippen LogP) is 2.06. The monoisotopic (exact) mass is 347 g/mol. The van der Waals surface area contributed by atoms with Crippen LogP contribution in [0.15, 0.2) is 10.9 Å². The van der Waals surface area contributed by atoms with Gasteiger partial charge in [0.25, 0.3) is 0 Å². The summed E-state index contributed by atoms with van der Waals surface area (Å²) in [6.07, 6.45) is 5.24. The summed E-state index contributed by atoms with van der Waals surface area (Å²) in [7, 11) is 0. The highest BCUT2D eigenvalue weighted by molar-refractivity contribution is 5.80. The fourth-order valence-corrected chi connectivity index (χ4v) is 3.26. The van der Waals surface area contributed by atoms with E-state index in [-0.39, 0.29) is 17.4 Å². The average Bonchev–Trinajstić information content (AvgIpc) is 3.21. The molecule has 0 saturated carbocycles. The molecular weight excluding hydrogens is 322 g/mol. The van der Waals surface area contributed by atoms with Crippen LogP contribution in [0.1, 0.15) is 77.1 Å². The van der Waals surface area contributed by atoms with Gasteiger partial charge in [-0.05, 0) is 30.2 Å². The van der Waals surface area contributed by atoms with Crippen molar-refractivity contribution >= 4 is 5.91 Å². The second-order valence-corrected chi connectivity index (χ2v) is 7.56. The van der Waals surface area contributed by atoms with E-state index in [1.165, 1.54) is 6.39 Å². The predicted molar refractivity (Wildman–Crippen MR) is 88.4 cm³/mol. The molecule has 1 aliphatic heterocycles. The van der Waals surface area contributed by atoms with E-state index < -0.39 is 6.04 Å². The first-order valence-corrected chi connectivity index (χ1v) is 8.74. The molecule has 0 bridgehead atoms. The molecule has 0 radical (unpaired) electrons. The van der Waals surface area contributed by atoms with Crippen molar-refractivity contribution in [1.82, 2.24) is 35.2 Å². The zero-order chi connectivity index (χ0) is 18.0. The second-order valence-electron chi connectivity index (χ2n) is 7.56. The van der Waals surface area contributed by atoms with Crippen LogP contribution in [0.25, 0.3) is 0 Å². The Morgan fingerprint density at radius 2 is 2.12 bits per heavy atom. The molecule has 0 unspecified atom stereocenters. The molecule has 136 valence electrons. The first-order valence-electron chi connectivity index (χ1n) is 8.74. The lowest BCUT2D eigenvalue weighted by Crippen LogP contribution is -2.40. The first kappa shape index (κ1) is 17.5. The van der Waals surface area contributed by atoms with Crippen molar-refractivity contribution in [3.05, 3.63) is 18.0 Å². The normalized spacial score (nSPS) is 20.3. The molecule has 25 heavy (non-hydrogen) atoms. The molecule has 0 aromatic carbocycles. The Hall–Kier alpha value is -2.32. The minimum atomic E-state index is -0.489. The zero-order valence-electron chi connectivity index (χ0n) is 15.2. The first-order chi connectivity index (χ1) is 11.9. The number of nitrogens with zero attached hydrogens (tertiary/aromatic N) is 7. The summed E-state index contributed by atoms with van der Waals surface area (Å²) in [5.74, 6) is 1.24. The van der Waals surface area contributed by atoms with Gasteiger partial charge in [0.15, 0.2) is 11.6 Å². The third-order valence-corrected chi connectivity index (χ3v) is 4.60. The minimum absolute atomic E-state index is 0.0190. The van der Waals surface area contributed by atoms with Gasteiger partial charge in [-0.15, -0.1) is 5.10 Å². The number of likely N-dealkylation sites (tertiary alicyclic amines) is 1. The SMILES string of the molecule is C[C@@H](C(=O)N1CCCCC[C@@H]1c1ncon1)n1nnnc1C(C)(C)C. The van der Waals surface area contributed by atoms with Gasteiger partial charge in [0, 0.05) is 12.0 Å². The Balaban J connectivity index is 1.88. The highest BCUT2D eigenvalue weighted by Crippen LogP contribution is 2.31. The quantitative estimate of drug-likeness (QED) is 0.837. The van der Waals surface area contributed by atoms with E-state index in [0.717, 1.165) is 25.7 Å². The standard InChI is InChI=1S/C16H25N7O2/c1-11(23-15(16(2,3)4)18-20-21-23)14(24)22-9-7-5-6-8-12(22)13-17-10-25-19-13/h10-12H,5-9H2,1-4H3/t11-,12+/m0/s1. The molecule has 1 amide bonds. The van der Waals surface area contributed by atoms with Gasteiger partial charge in [0.05, 0.1) is 6.04 Å². The molecule has 1 saturated heterocycles. The van der Waals surface area contributed by atoms with Gasteiger partial charge >= 0.3 is 0 Å². The van der Waals surface area contributed by atoms with Crippen molar-refractivity contribution in [2.45, 2.75) is 70.9 Å². The summed E-state index contributed by atoms with van der Waals surface area (Å²) in [4.78, 5) is 19.3. The smallest absolute Gasteiger partial charge is 0.247 e. The Bertz CT molecular complexity index is 704. The number of amides is 1. The maximum atomic E-state index is 13.3. The van der Waals surface area contributed by atoms with E-state index in [1.54, 1.807) is 4.68 Å². The van der Waals surface area contributed by atoms with Gasteiger partial charge in [-0.2, -0.15) is 4.98 Å². The fraction of sp³-hybridized carbons (Fsp3) is 0.750. The van der Waals surface area contributed by atoms with Gasteiger partial charge in [0.2, 0.25) is 12.3 Å². The van der Waals surface area contributed by atoms with Crippen LogP contribution in [0.4, 0.5) is 0 Å². The second kappa shape index (κ2) is 6.89. The molecule has 3 rings (SSSR count). The topological polar surface area (TPSA) is 103 Å². The molecule has 0 N–H and O–H groups in total. The summed E-state index contributed by atoms with van der Waals surface area (Å²) in [5.41, 5.74) is -0.246. The Morgan fingerprint density at radius 1 is 1.32 bits per heavy atom. The van der Waals surface area contributed by atoms with Crippen molar-refractivity contribution < 1.29 is 9.32 Å². The van der Waals surface area contributed by atoms with Gasteiger partial charge in [0.1, 0.15) is 6.04 Å². The van der Waals surface area contributed by atoms with Crippen molar-refractivity contribution in [2.24, 2.45) is 0 Å². The van der Waals surface area contributed by atoms with E-state index in [2.05, 4.69) is 25.7 Å². The average molecular weight is 347 g/mol. The zero-order valence-corrected chi connectivity index (χ0v) is 15.2. The van der Waals surface area contributed by atoms with Crippen LogP contribution >= 0.6 is 0 Å². The summed E-state index contributed by atoms with van der Waals surface area (Å²) >= 11 is 0. The minimum Gasteiger partial charge on any atom is -0.343 e. The lowest BCUT2D eigenvalue weighted by molar-refractivity contribution is -0.137. The number of carbonyl (C=O) groups excluding carboxylic acids is 1. The van der Waals surface area contributed by atoms with Gasteiger partial charge in [-0.3, -0.25) is 4.79 Å². The van der Waals surface area contributed by atoms with Gasteiger partial charge in [-0.1, -0.05) is 38.8 Å². The van der Waals surface area contributed by atoms with Crippen LogP contribution in [0, 0.1) is 0 Å². The number of carbonyl (C=O) groups is 1. The lowest BCUT2D eigenvalue weighted by atomic mass is 9.95. The Labute approximate surface area is 146 Å². The molecule has 1 fully saturated rings. The van der Waals surface area contributed by atoms with E-state index in [0.29, 0.717) is 18.2 Å². The number of tetrazole rings is 1. The third kappa shape index (κ3) is 3.54. The van der Waals surface area contributed by atoms with E-state index >= 15 is 0 Å². The Kier molecular flexibility index (Phi) is 4.82. The lowest BCUT2D eigenvalue weighted by Gasteiger charge is -2.31. The van der Waals surface area contributed by atoms with Crippen LogP contribution in [0.3, 0.4) is 0 Å². The summed E-state index contributed by atoms with van der Waals surface area (Å²) in [5, 5.41) is 15.9. The van der Waals surface area contributed by atoms with Gasteiger partial charge in [-0.25, -0.2) is 4.68 Å². The number of rotatable bonds is 3. The van der Waals surface area contributed by atoms with Crippen LogP contribution in [-0.4, -0.2) is 47.7 Å². The Morgan fingerprint density at radius 3 is 2.80 bits per heavy atom. The van der Waals surface area contributed by atoms with Crippen LogP contribution in [-0.2, 0) is 10.2 Å². The molecule has 1 aliphatic rings. The van der Waals surface area contributed by atoms with Crippen molar-refractivity contribution in [3.8, 4) is 0 Å². The maximum absolute atomic E-state index is 13.3. The van der Waals surface area contributed by atoms with Crippen molar-refractivity contribution in [3.63, 3.8) is 0 Å². The summed E-state index contributed by atoms with van der Waals surface area (Å²) < 4.78 is 6.52. The van der Waals surface area contributed by atoms with Crippen LogP contribution in [0.2, 0.25) is 0 Å². The fourth-order valence-electron chi connectivity index (χ4n) is 3.26. The molecule has 2 aromatic heterocycles. The van der Waals surface area contributed by atoms with Gasteiger partial charge < -0.3 is 9.42 Å². The summed E-state index contributed by atoms with van der Waals surface area (Å²) in [6.45, 7) is 8.60. The van der Waals surface area contributed by atoms with Crippen LogP contribution in [0.5, 0.6) is 0 Å². The molecule has 3 heterocycles. The molecular formula is C16H25N7O2. The number of hydrogen-bond acceptors (Lipinski definition) is 7. The molecule has 9 heteroatoms. The highest BCUT2D eigenvalue weighted by atomic mass is 16.5. The van der Waals surface area contributed by atoms with Crippen molar-refractivity contribution in [2.75, 3.05) is 6.54 Å². The largest absolute Gasteiger partial charge is 0.343 e. The maximum Gasteiger partial charge on any atom is 0.247 e. The molecule has 9 nitrogen and oxygen atoms in total. The number of hydrogen-bond donors (Lipinski definition) is 0. The molecule has 0 aliphatic carbocycles. The molecule has 2 aromatic rings. The van der Waals surface area contributed by atoms with E-state index in [4.69, 9.17) is 4.52 Å². The molecule has 2 atom stereocenters. The third-order valence-electron chi connectivity index (χ3n) is 4.60. The van der Waals surface area contributed by atoms with Crippen LogP contribution < -0.4 is 0 Å². The number of aromatic nitrogens is 6. The molecule has 0 spiro atoms. The van der Waals surface area contributed by atoms with E-state index in [1.807, 2.05) is 32.6 Å². The van der Waals surface area contributed by atoms with Crippen molar-refractivity contribution in [1.29, 1.82) is 0 Å². The highest BCUT2D eigenvalue weighted by Gasteiger charge is 2.35.